The van der Waals surface area contributed by atoms with Crippen molar-refractivity contribution in [3.8, 4) is 0 Å². The van der Waals surface area contributed by atoms with Gasteiger partial charge in [0.25, 0.3) is 0 Å². The Balaban J connectivity index is 1.66. The van der Waals surface area contributed by atoms with Crippen molar-refractivity contribution < 1.29 is 9.59 Å². The summed E-state index contributed by atoms with van der Waals surface area (Å²) in [6, 6.07) is 47.9. The third-order valence-corrected chi connectivity index (χ3v) is 16.4. The van der Waals surface area contributed by atoms with Gasteiger partial charge in [0.2, 0.25) is 0 Å². The Morgan fingerprint density at radius 3 is 1.42 bits per heavy atom. The number of anilines is 1. The molecule has 5 rings (SSSR count). The van der Waals surface area contributed by atoms with E-state index in [1.165, 1.54) is 15.9 Å². The fourth-order valence-corrected chi connectivity index (χ4v) is 12.6. The molecule has 5 heteroatoms. The van der Waals surface area contributed by atoms with Gasteiger partial charge in [-0.1, -0.05) is 0 Å². The molecule has 0 aliphatic carbocycles. The summed E-state index contributed by atoms with van der Waals surface area (Å²) in [6.45, 7) is 0. The predicted octanol–water partition coefficient (Wildman–Crippen LogP) is 6.85. The number of nitrogens with one attached hydrogen (secondary N) is 1. The van der Waals surface area contributed by atoms with Crippen molar-refractivity contribution in [1.29, 1.82) is 0 Å². The minimum absolute atomic E-state index is 0.362. The number of halogens is 1. The monoisotopic (exact) mass is 579 g/mol. The molecule has 3 nitrogen and oxygen atoms in total. The Kier molecular flexibility index (Phi) is 7.37. The fraction of sp³-hybridized carbons (Fsp3) is 0.0303. The first-order valence-electron chi connectivity index (χ1n) is 12.4. The van der Waals surface area contributed by atoms with E-state index in [4.69, 9.17) is 0 Å². The first-order chi connectivity index (χ1) is 18.5. The topological polar surface area (TPSA) is 46.2 Å². The summed E-state index contributed by atoms with van der Waals surface area (Å²) in [5.74, 6) is -1.22. The van der Waals surface area contributed by atoms with Crippen molar-refractivity contribution in [3.63, 3.8) is 0 Å². The number of carbonyl (C=O) groups excluding carboxylic acids is 2. The summed E-state index contributed by atoms with van der Waals surface area (Å²) in [6.07, 6.45) is 0.597. The van der Waals surface area contributed by atoms with Crippen molar-refractivity contribution in [2.45, 2.75) is 6.16 Å². The maximum absolute atomic E-state index is 13.1. The van der Waals surface area contributed by atoms with E-state index in [0.717, 1.165) is 5.56 Å². The van der Waals surface area contributed by atoms with Crippen LogP contribution in [0.5, 0.6) is 0 Å². The van der Waals surface area contributed by atoms with Crippen LogP contribution in [-0.4, -0.2) is 11.7 Å². The second kappa shape index (κ2) is 10.9. The Morgan fingerprint density at radius 2 is 0.947 bits per heavy atom. The summed E-state index contributed by atoms with van der Waals surface area (Å²) in [5, 5.41) is 3.16. The quantitative estimate of drug-likeness (QED) is 0.124. The molecule has 0 aliphatic heterocycles. The molecule has 5 aromatic carbocycles. The zero-order chi connectivity index (χ0) is 26.5. The molecule has 188 valence electrons. The number of carbonyl (C=O) groups is 2. The Hall–Kier alpha value is -3.85. The molecule has 0 radical (unpaired) electrons. The first kappa shape index (κ1) is 25.8. The van der Waals surface area contributed by atoms with E-state index in [2.05, 4.69) is 93.6 Å². The molecule has 0 aromatic heterocycles. The summed E-state index contributed by atoms with van der Waals surface area (Å²) < 4.78 is 0. The first-order valence-corrected chi connectivity index (χ1v) is 16.8. The molecule has 0 atom stereocenters. The number of benzene rings is 5. The van der Waals surface area contributed by atoms with Crippen LogP contribution in [0, 0.1) is 0 Å². The zero-order valence-electron chi connectivity index (χ0n) is 20.7. The van der Waals surface area contributed by atoms with Gasteiger partial charge >= 0.3 is 232 Å². The van der Waals surface area contributed by atoms with Crippen LogP contribution in [0.15, 0.2) is 146 Å². The molecule has 0 saturated heterocycles. The van der Waals surface area contributed by atoms with E-state index in [-0.39, 0.29) is 0 Å². The van der Waals surface area contributed by atoms with E-state index in [9.17, 15) is 9.59 Å². The van der Waals surface area contributed by atoms with Gasteiger partial charge in [-0.2, -0.15) is 0 Å². The number of hydrogen-bond donors (Lipinski definition) is 1. The Labute approximate surface area is 231 Å². The van der Waals surface area contributed by atoms with E-state index in [1.54, 1.807) is 24.3 Å². The van der Waals surface area contributed by atoms with Gasteiger partial charge in [-0.25, -0.2) is 0 Å². The van der Waals surface area contributed by atoms with Gasteiger partial charge < -0.3 is 0 Å². The number of Topliss-reactive ketones (excluding diaryl/α,β-unsaturated/α-hetero) is 1. The van der Waals surface area contributed by atoms with Crippen LogP contribution in [0.4, 0.5) is 5.69 Å². The van der Waals surface area contributed by atoms with E-state index in [0.29, 0.717) is 17.4 Å². The van der Waals surface area contributed by atoms with Crippen LogP contribution < -0.4 is 21.2 Å². The molecule has 1 amide bonds. The molecule has 5 aromatic rings. The van der Waals surface area contributed by atoms with E-state index in [1.807, 2.05) is 48.5 Å². The van der Waals surface area contributed by atoms with Crippen LogP contribution in [0.25, 0.3) is 0 Å². The maximum atomic E-state index is 13.1. The zero-order valence-corrected chi connectivity index (χ0v) is 23.2. The second-order valence-corrected chi connectivity index (χ2v) is 18.1. The Morgan fingerprint density at radius 1 is 0.553 bits per heavy atom. The van der Waals surface area contributed by atoms with Crippen molar-refractivity contribution in [1.82, 2.24) is 0 Å². The Bertz CT molecular complexity index is 1460. The van der Waals surface area contributed by atoms with Crippen LogP contribution in [0.2, 0.25) is 0 Å². The standard InChI is InChI=1S/C33H27BrNO2P/c34-38(28-18-7-2-8-19-28,29-20-9-3-10-21-29,30-22-11-4-12-23-30)25-27-17-13-14-24-31(27)35-33(37)32(36)26-15-5-1-6-16-26/h1-24H,25H2,(H,35,37). The molecule has 0 spiro atoms. The second-order valence-electron chi connectivity index (χ2n) is 9.15. The van der Waals surface area contributed by atoms with Gasteiger partial charge in [-0.3, -0.25) is 0 Å². The minimum atomic E-state index is -3.29. The number of ketones is 1. The molecule has 38 heavy (non-hydrogen) atoms. The van der Waals surface area contributed by atoms with Gasteiger partial charge in [0.15, 0.2) is 0 Å². The van der Waals surface area contributed by atoms with Crippen LogP contribution in [0.1, 0.15) is 15.9 Å². The predicted molar refractivity (Wildman–Crippen MR) is 164 cm³/mol. The van der Waals surface area contributed by atoms with Crippen molar-refractivity contribution >= 4 is 54.1 Å². The number of hydrogen-bond acceptors (Lipinski definition) is 2. The molecule has 0 heterocycles. The molecular formula is C33H27BrNO2P. The van der Waals surface area contributed by atoms with Crippen LogP contribution in [-0.2, 0) is 11.0 Å². The van der Waals surface area contributed by atoms with Crippen molar-refractivity contribution in [2.75, 3.05) is 5.32 Å². The molecule has 0 fully saturated rings. The average Bonchev–Trinajstić information content (AvgIpc) is 2.99. The van der Waals surface area contributed by atoms with Crippen LogP contribution in [0.3, 0.4) is 0 Å². The molecular weight excluding hydrogens is 553 g/mol. The fourth-order valence-electron chi connectivity index (χ4n) is 4.94. The van der Waals surface area contributed by atoms with Crippen molar-refractivity contribution in [3.05, 3.63) is 157 Å². The van der Waals surface area contributed by atoms with Crippen molar-refractivity contribution in [2.24, 2.45) is 0 Å². The summed E-state index contributed by atoms with van der Waals surface area (Å²) >= 11 is 4.47. The number of rotatable bonds is 8. The average molecular weight is 580 g/mol. The van der Waals surface area contributed by atoms with Gasteiger partial charge in [-0.15, -0.1) is 0 Å². The van der Waals surface area contributed by atoms with Crippen LogP contribution >= 0.6 is 20.8 Å². The van der Waals surface area contributed by atoms with Gasteiger partial charge in [-0.05, 0) is 0 Å². The summed E-state index contributed by atoms with van der Waals surface area (Å²) in [4.78, 5) is 25.9. The van der Waals surface area contributed by atoms with E-state index >= 15 is 0 Å². The molecule has 0 bridgehead atoms. The molecule has 0 unspecified atom stereocenters. The van der Waals surface area contributed by atoms with Gasteiger partial charge in [0.1, 0.15) is 0 Å². The third-order valence-electron chi connectivity index (χ3n) is 6.86. The van der Waals surface area contributed by atoms with Gasteiger partial charge in [0, 0.05) is 0 Å². The number of amides is 1. The molecule has 0 aliphatic rings. The molecule has 0 saturated carbocycles. The SMILES string of the molecule is O=C(Nc1ccccc1CP(Br)(c1ccccc1)(c1ccccc1)c1ccccc1)C(=O)c1ccccc1. The summed E-state index contributed by atoms with van der Waals surface area (Å²) in [7, 11) is 0. The van der Waals surface area contributed by atoms with E-state index < -0.39 is 17.0 Å². The van der Waals surface area contributed by atoms with Gasteiger partial charge in [0.05, 0.1) is 0 Å². The molecule has 1 N–H and O–H groups in total. The number of para-hydroxylation sites is 1. The summed E-state index contributed by atoms with van der Waals surface area (Å²) in [5.41, 5.74) is 1.92. The normalized spacial score (nSPS) is 12.2. The third kappa shape index (κ3) is 4.74.